The van der Waals surface area contributed by atoms with E-state index in [0.29, 0.717) is 0 Å². The normalized spacial score (nSPS) is 12.6. The molecular weight excluding hydrogens is 196 g/mol. The molecule has 0 fully saturated rings. The van der Waals surface area contributed by atoms with Crippen LogP contribution in [-0.4, -0.2) is 0 Å². The SMILES string of the molecule is Cc1cc(C)c2c(c1)Cc1ccccc1O2. The van der Waals surface area contributed by atoms with Crippen LogP contribution in [0.4, 0.5) is 0 Å². The molecule has 80 valence electrons. The van der Waals surface area contributed by atoms with Gasteiger partial charge in [-0.3, -0.25) is 0 Å². The fraction of sp³-hybridized carbons (Fsp3) is 0.200. The standard InChI is InChI=1S/C15H14O/c1-10-7-11(2)15-13(8-10)9-12-5-3-4-6-14(12)16-15/h3-8H,9H2,1-2H3. The molecule has 2 aromatic rings. The maximum absolute atomic E-state index is 5.96. The molecule has 1 aliphatic rings. The zero-order valence-corrected chi connectivity index (χ0v) is 9.58. The van der Waals surface area contributed by atoms with Gasteiger partial charge in [-0.15, -0.1) is 0 Å². The molecule has 0 bridgehead atoms. The van der Waals surface area contributed by atoms with E-state index in [1.54, 1.807) is 0 Å². The van der Waals surface area contributed by atoms with Crippen molar-refractivity contribution in [3.63, 3.8) is 0 Å². The van der Waals surface area contributed by atoms with Crippen LogP contribution >= 0.6 is 0 Å². The van der Waals surface area contributed by atoms with Crippen molar-refractivity contribution in [3.8, 4) is 11.5 Å². The Bertz CT molecular complexity index is 555. The van der Waals surface area contributed by atoms with Crippen molar-refractivity contribution in [2.75, 3.05) is 0 Å². The Hall–Kier alpha value is -1.76. The molecule has 1 nitrogen and oxygen atoms in total. The predicted octanol–water partition coefficient (Wildman–Crippen LogP) is 4.00. The summed E-state index contributed by atoms with van der Waals surface area (Å²) < 4.78 is 5.96. The molecule has 0 radical (unpaired) electrons. The first-order valence-corrected chi connectivity index (χ1v) is 5.60. The van der Waals surface area contributed by atoms with Crippen LogP contribution in [0.2, 0.25) is 0 Å². The third-order valence-electron chi connectivity index (χ3n) is 3.06. The number of aryl methyl sites for hydroxylation is 2. The lowest BCUT2D eigenvalue weighted by Crippen LogP contribution is -2.04. The zero-order chi connectivity index (χ0) is 11.1. The summed E-state index contributed by atoms with van der Waals surface area (Å²) in [6, 6.07) is 12.7. The Morgan fingerprint density at radius 2 is 1.81 bits per heavy atom. The van der Waals surface area contributed by atoms with Gasteiger partial charge in [0.15, 0.2) is 0 Å². The Morgan fingerprint density at radius 3 is 2.69 bits per heavy atom. The monoisotopic (exact) mass is 210 g/mol. The van der Waals surface area contributed by atoms with Gasteiger partial charge in [0.05, 0.1) is 0 Å². The van der Waals surface area contributed by atoms with E-state index in [4.69, 9.17) is 4.74 Å². The topological polar surface area (TPSA) is 9.23 Å². The summed E-state index contributed by atoms with van der Waals surface area (Å²) >= 11 is 0. The van der Waals surface area contributed by atoms with Crippen LogP contribution < -0.4 is 4.74 Å². The lowest BCUT2D eigenvalue weighted by molar-refractivity contribution is 0.456. The van der Waals surface area contributed by atoms with Gasteiger partial charge in [-0.1, -0.05) is 35.9 Å². The predicted molar refractivity (Wildman–Crippen MR) is 65.2 cm³/mol. The lowest BCUT2D eigenvalue weighted by Gasteiger charge is -2.22. The lowest BCUT2D eigenvalue weighted by atomic mass is 9.96. The van der Waals surface area contributed by atoms with Crippen LogP contribution in [-0.2, 0) is 6.42 Å². The minimum absolute atomic E-state index is 0.980. The molecule has 1 aliphatic heterocycles. The van der Waals surface area contributed by atoms with Gasteiger partial charge in [-0.05, 0) is 36.6 Å². The summed E-state index contributed by atoms with van der Waals surface area (Å²) in [5, 5.41) is 0. The average molecular weight is 210 g/mol. The molecule has 1 heterocycles. The largest absolute Gasteiger partial charge is 0.456 e. The van der Waals surface area contributed by atoms with Gasteiger partial charge >= 0.3 is 0 Å². The molecule has 3 rings (SSSR count). The van der Waals surface area contributed by atoms with Gasteiger partial charge in [0, 0.05) is 6.42 Å². The van der Waals surface area contributed by atoms with Gasteiger partial charge < -0.3 is 4.74 Å². The molecule has 0 saturated heterocycles. The van der Waals surface area contributed by atoms with Crippen LogP contribution in [0, 0.1) is 13.8 Å². The first-order chi connectivity index (χ1) is 7.74. The van der Waals surface area contributed by atoms with Crippen LogP contribution in [0.5, 0.6) is 11.5 Å². The van der Waals surface area contributed by atoms with Crippen LogP contribution in [0.25, 0.3) is 0 Å². The van der Waals surface area contributed by atoms with Crippen LogP contribution in [0.15, 0.2) is 36.4 Å². The summed E-state index contributed by atoms with van der Waals surface area (Å²) in [6.07, 6.45) is 0.980. The highest BCUT2D eigenvalue weighted by atomic mass is 16.5. The van der Waals surface area contributed by atoms with E-state index in [1.165, 1.54) is 22.3 Å². The number of ether oxygens (including phenoxy) is 1. The van der Waals surface area contributed by atoms with E-state index in [0.717, 1.165) is 17.9 Å². The highest BCUT2D eigenvalue weighted by Crippen LogP contribution is 2.38. The Labute approximate surface area is 95.7 Å². The van der Waals surface area contributed by atoms with Gasteiger partial charge in [-0.2, -0.15) is 0 Å². The minimum Gasteiger partial charge on any atom is -0.456 e. The summed E-state index contributed by atoms with van der Waals surface area (Å²) in [6.45, 7) is 4.24. The quantitative estimate of drug-likeness (QED) is 0.545. The van der Waals surface area contributed by atoms with E-state index in [2.05, 4.69) is 38.1 Å². The molecule has 0 amide bonds. The van der Waals surface area contributed by atoms with Gasteiger partial charge in [0.1, 0.15) is 11.5 Å². The molecule has 0 spiro atoms. The number of benzene rings is 2. The van der Waals surface area contributed by atoms with E-state index in [9.17, 15) is 0 Å². The maximum Gasteiger partial charge on any atom is 0.133 e. The van der Waals surface area contributed by atoms with Crippen molar-refractivity contribution in [3.05, 3.63) is 58.7 Å². The molecule has 0 unspecified atom stereocenters. The second kappa shape index (κ2) is 3.38. The van der Waals surface area contributed by atoms with Crippen molar-refractivity contribution in [2.24, 2.45) is 0 Å². The van der Waals surface area contributed by atoms with Crippen molar-refractivity contribution in [2.45, 2.75) is 20.3 Å². The van der Waals surface area contributed by atoms with Gasteiger partial charge in [0.25, 0.3) is 0 Å². The van der Waals surface area contributed by atoms with Crippen molar-refractivity contribution >= 4 is 0 Å². The fourth-order valence-corrected chi connectivity index (χ4v) is 2.38. The van der Waals surface area contributed by atoms with E-state index < -0.39 is 0 Å². The number of fused-ring (bicyclic) bond motifs is 2. The molecule has 2 aromatic carbocycles. The summed E-state index contributed by atoms with van der Waals surface area (Å²) in [5.74, 6) is 2.05. The summed E-state index contributed by atoms with van der Waals surface area (Å²) in [4.78, 5) is 0. The van der Waals surface area contributed by atoms with E-state index >= 15 is 0 Å². The molecule has 0 aromatic heterocycles. The van der Waals surface area contributed by atoms with Gasteiger partial charge in [-0.25, -0.2) is 0 Å². The Morgan fingerprint density at radius 1 is 1.00 bits per heavy atom. The van der Waals surface area contributed by atoms with E-state index in [-0.39, 0.29) is 0 Å². The smallest absolute Gasteiger partial charge is 0.133 e. The molecule has 16 heavy (non-hydrogen) atoms. The van der Waals surface area contributed by atoms with Crippen LogP contribution in [0.1, 0.15) is 22.3 Å². The fourth-order valence-electron chi connectivity index (χ4n) is 2.38. The Kier molecular flexibility index (Phi) is 2.00. The molecule has 0 atom stereocenters. The Balaban J connectivity index is 2.15. The summed E-state index contributed by atoms with van der Waals surface area (Å²) in [5.41, 5.74) is 5.11. The highest BCUT2D eigenvalue weighted by Gasteiger charge is 2.18. The highest BCUT2D eigenvalue weighted by molar-refractivity contribution is 5.53. The second-order valence-corrected chi connectivity index (χ2v) is 4.46. The zero-order valence-electron chi connectivity index (χ0n) is 9.58. The molecular formula is C15H14O. The first-order valence-electron chi connectivity index (χ1n) is 5.60. The minimum atomic E-state index is 0.980. The average Bonchev–Trinajstić information content (AvgIpc) is 2.27. The van der Waals surface area contributed by atoms with E-state index in [1.807, 2.05) is 12.1 Å². The molecule has 0 N–H and O–H groups in total. The van der Waals surface area contributed by atoms with Crippen LogP contribution in [0.3, 0.4) is 0 Å². The summed E-state index contributed by atoms with van der Waals surface area (Å²) in [7, 11) is 0. The first kappa shape index (κ1) is 9.46. The third-order valence-corrected chi connectivity index (χ3v) is 3.06. The van der Waals surface area contributed by atoms with Crippen molar-refractivity contribution < 1.29 is 4.74 Å². The van der Waals surface area contributed by atoms with Crippen molar-refractivity contribution in [1.29, 1.82) is 0 Å². The molecule has 1 heteroatoms. The van der Waals surface area contributed by atoms with Gasteiger partial charge in [0.2, 0.25) is 0 Å². The second-order valence-electron chi connectivity index (χ2n) is 4.46. The number of hydrogen-bond donors (Lipinski definition) is 0. The molecule has 0 saturated carbocycles. The van der Waals surface area contributed by atoms with Crippen molar-refractivity contribution in [1.82, 2.24) is 0 Å². The molecule has 0 aliphatic carbocycles. The maximum atomic E-state index is 5.96. The number of rotatable bonds is 0. The number of para-hydroxylation sites is 1. The third kappa shape index (κ3) is 1.40. The number of hydrogen-bond acceptors (Lipinski definition) is 1.